The summed E-state index contributed by atoms with van der Waals surface area (Å²) in [4.78, 5) is 0. The lowest BCUT2D eigenvalue weighted by Crippen LogP contribution is -2.03. The Morgan fingerprint density at radius 3 is 2.59 bits per heavy atom. The van der Waals surface area contributed by atoms with E-state index in [0.717, 1.165) is 28.1 Å². The van der Waals surface area contributed by atoms with E-state index in [0.29, 0.717) is 12.4 Å². The van der Waals surface area contributed by atoms with Crippen molar-refractivity contribution in [2.75, 3.05) is 7.11 Å². The molecule has 2 N–H and O–H groups in total. The summed E-state index contributed by atoms with van der Waals surface area (Å²) in [7, 11) is 1.63. The van der Waals surface area contributed by atoms with E-state index in [1.807, 2.05) is 49.4 Å². The minimum Gasteiger partial charge on any atom is -0.494 e. The molecule has 0 aliphatic carbocycles. The molecule has 1 heterocycles. The number of aromatic nitrogens is 4. The van der Waals surface area contributed by atoms with Gasteiger partial charge in [0.25, 0.3) is 0 Å². The average molecular weight is 295 g/mol. The number of nitrogens with zero attached hydrogens (tertiary/aromatic N) is 4. The van der Waals surface area contributed by atoms with E-state index in [2.05, 4.69) is 15.5 Å². The number of aryl methyl sites for hydroxylation is 1. The molecule has 1 aromatic heterocycles. The summed E-state index contributed by atoms with van der Waals surface area (Å²) in [6, 6.07) is 13.8. The smallest absolute Gasteiger partial charge is 0.187 e. The Morgan fingerprint density at radius 1 is 1.14 bits per heavy atom. The van der Waals surface area contributed by atoms with Crippen LogP contribution in [0.4, 0.5) is 0 Å². The maximum absolute atomic E-state index is 5.63. The minimum atomic E-state index is 0.511. The number of rotatable bonds is 4. The summed E-state index contributed by atoms with van der Waals surface area (Å²) < 4.78 is 7.10. The van der Waals surface area contributed by atoms with Crippen LogP contribution in [-0.2, 0) is 6.54 Å². The van der Waals surface area contributed by atoms with Gasteiger partial charge in [0.05, 0.1) is 7.11 Å². The SMILES string of the molecule is COc1ccc(C)cc1-n1nnnc1-c1ccc(CN)cc1. The first-order chi connectivity index (χ1) is 10.7. The second kappa shape index (κ2) is 5.95. The molecule has 0 unspecified atom stereocenters. The number of hydrogen-bond acceptors (Lipinski definition) is 5. The van der Waals surface area contributed by atoms with E-state index in [4.69, 9.17) is 10.5 Å². The van der Waals surface area contributed by atoms with Gasteiger partial charge in [0.15, 0.2) is 5.82 Å². The third kappa shape index (κ3) is 2.56. The van der Waals surface area contributed by atoms with E-state index in [1.165, 1.54) is 0 Å². The highest BCUT2D eigenvalue weighted by atomic mass is 16.5. The number of benzene rings is 2. The van der Waals surface area contributed by atoms with Crippen molar-refractivity contribution >= 4 is 0 Å². The van der Waals surface area contributed by atoms with Gasteiger partial charge in [-0.25, -0.2) is 0 Å². The summed E-state index contributed by atoms with van der Waals surface area (Å²) in [5.41, 5.74) is 9.54. The summed E-state index contributed by atoms with van der Waals surface area (Å²) in [5, 5.41) is 12.0. The Balaban J connectivity index is 2.10. The first-order valence-electron chi connectivity index (χ1n) is 6.95. The highest BCUT2D eigenvalue weighted by Crippen LogP contribution is 2.27. The fourth-order valence-electron chi connectivity index (χ4n) is 2.28. The summed E-state index contributed by atoms with van der Waals surface area (Å²) in [5.74, 6) is 1.38. The standard InChI is InChI=1S/C16H17N5O/c1-11-3-8-15(22-2)14(9-11)21-16(18-19-20-21)13-6-4-12(10-17)5-7-13/h3-9H,10,17H2,1-2H3. The Labute approximate surface area is 128 Å². The van der Waals surface area contributed by atoms with Crippen molar-refractivity contribution in [3.63, 3.8) is 0 Å². The maximum Gasteiger partial charge on any atom is 0.187 e. The predicted octanol–water partition coefficient (Wildman–Crippen LogP) is 2.11. The van der Waals surface area contributed by atoms with Gasteiger partial charge in [-0.1, -0.05) is 30.3 Å². The van der Waals surface area contributed by atoms with Gasteiger partial charge in [0.1, 0.15) is 11.4 Å². The van der Waals surface area contributed by atoms with Gasteiger partial charge < -0.3 is 10.5 Å². The van der Waals surface area contributed by atoms with Crippen molar-refractivity contribution in [1.82, 2.24) is 20.2 Å². The van der Waals surface area contributed by atoms with Crippen molar-refractivity contribution in [3.05, 3.63) is 53.6 Å². The number of methoxy groups -OCH3 is 1. The van der Waals surface area contributed by atoms with Gasteiger partial charge in [-0.05, 0) is 40.6 Å². The van der Waals surface area contributed by atoms with Crippen LogP contribution < -0.4 is 10.5 Å². The van der Waals surface area contributed by atoms with Crippen molar-refractivity contribution in [2.24, 2.45) is 5.73 Å². The largest absolute Gasteiger partial charge is 0.494 e. The molecule has 0 amide bonds. The molecule has 0 bridgehead atoms. The first-order valence-corrected chi connectivity index (χ1v) is 6.95. The molecular weight excluding hydrogens is 278 g/mol. The molecule has 0 atom stereocenters. The lowest BCUT2D eigenvalue weighted by Gasteiger charge is -2.10. The fraction of sp³-hybridized carbons (Fsp3) is 0.188. The van der Waals surface area contributed by atoms with Gasteiger partial charge in [-0.15, -0.1) is 5.10 Å². The van der Waals surface area contributed by atoms with Crippen LogP contribution in [0, 0.1) is 6.92 Å². The fourth-order valence-corrected chi connectivity index (χ4v) is 2.28. The molecule has 3 aromatic rings. The van der Waals surface area contributed by atoms with Crippen molar-refractivity contribution in [3.8, 4) is 22.8 Å². The van der Waals surface area contributed by atoms with Crippen molar-refractivity contribution < 1.29 is 4.74 Å². The van der Waals surface area contributed by atoms with E-state index in [-0.39, 0.29) is 0 Å². The average Bonchev–Trinajstić information content (AvgIpc) is 3.04. The van der Waals surface area contributed by atoms with E-state index < -0.39 is 0 Å². The molecule has 0 saturated heterocycles. The monoisotopic (exact) mass is 295 g/mol. The summed E-state index contributed by atoms with van der Waals surface area (Å²) in [6.07, 6.45) is 0. The predicted molar refractivity (Wildman–Crippen MR) is 83.8 cm³/mol. The molecule has 0 aliphatic heterocycles. The van der Waals surface area contributed by atoms with Crippen LogP contribution in [0.1, 0.15) is 11.1 Å². The lowest BCUT2D eigenvalue weighted by molar-refractivity contribution is 0.411. The van der Waals surface area contributed by atoms with E-state index >= 15 is 0 Å². The molecule has 0 spiro atoms. The Hall–Kier alpha value is -2.73. The molecule has 0 fully saturated rings. The van der Waals surface area contributed by atoms with Crippen LogP contribution in [0.3, 0.4) is 0 Å². The number of nitrogens with two attached hydrogens (primary N) is 1. The van der Waals surface area contributed by atoms with E-state index in [9.17, 15) is 0 Å². The molecular formula is C16H17N5O. The molecule has 112 valence electrons. The van der Waals surface area contributed by atoms with Crippen molar-refractivity contribution in [2.45, 2.75) is 13.5 Å². The van der Waals surface area contributed by atoms with Gasteiger partial charge in [-0.2, -0.15) is 4.68 Å². The highest BCUT2D eigenvalue weighted by molar-refractivity contribution is 5.60. The second-order valence-corrected chi connectivity index (χ2v) is 4.99. The van der Waals surface area contributed by atoms with Gasteiger partial charge in [0.2, 0.25) is 0 Å². The molecule has 22 heavy (non-hydrogen) atoms. The molecule has 6 heteroatoms. The van der Waals surface area contributed by atoms with Crippen LogP contribution in [0.2, 0.25) is 0 Å². The molecule has 3 rings (SSSR count). The quantitative estimate of drug-likeness (QED) is 0.797. The van der Waals surface area contributed by atoms with Crippen LogP contribution >= 0.6 is 0 Å². The zero-order chi connectivity index (χ0) is 15.5. The minimum absolute atomic E-state index is 0.511. The normalized spacial score (nSPS) is 10.7. The zero-order valence-corrected chi connectivity index (χ0v) is 12.5. The molecule has 0 radical (unpaired) electrons. The van der Waals surface area contributed by atoms with Crippen LogP contribution in [0.15, 0.2) is 42.5 Å². The third-order valence-corrected chi connectivity index (χ3v) is 3.48. The topological polar surface area (TPSA) is 78.8 Å². The highest BCUT2D eigenvalue weighted by Gasteiger charge is 2.14. The second-order valence-electron chi connectivity index (χ2n) is 4.99. The number of ether oxygens (including phenoxy) is 1. The van der Waals surface area contributed by atoms with Gasteiger partial charge in [0, 0.05) is 12.1 Å². The van der Waals surface area contributed by atoms with Crippen LogP contribution in [0.25, 0.3) is 17.1 Å². The Bertz CT molecular complexity index is 779. The van der Waals surface area contributed by atoms with Gasteiger partial charge >= 0.3 is 0 Å². The molecule has 0 aliphatic rings. The molecule has 0 saturated carbocycles. The summed E-state index contributed by atoms with van der Waals surface area (Å²) in [6.45, 7) is 2.53. The maximum atomic E-state index is 5.63. The zero-order valence-electron chi connectivity index (χ0n) is 12.5. The Kier molecular flexibility index (Phi) is 3.84. The number of tetrazole rings is 1. The van der Waals surface area contributed by atoms with E-state index in [1.54, 1.807) is 11.8 Å². The van der Waals surface area contributed by atoms with Gasteiger partial charge in [-0.3, -0.25) is 0 Å². The summed E-state index contributed by atoms with van der Waals surface area (Å²) >= 11 is 0. The number of hydrogen-bond donors (Lipinski definition) is 1. The first kappa shape index (κ1) is 14.2. The lowest BCUT2D eigenvalue weighted by atomic mass is 10.1. The Morgan fingerprint density at radius 2 is 1.91 bits per heavy atom. The van der Waals surface area contributed by atoms with Crippen LogP contribution in [-0.4, -0.2) is 27.3 Å². The van der Waals surface area contributed by atoms with Crippen molar-refractivity contribution in [1.29, 1.82) is 0 Å². The van der Waals surface area contributed by atoms with Crippen LogP contribution in [0.5, 0.6) is 5.75 Å². The molecule has 6 nitrogen and oxygen atoms in total. The molecule has 2 aromatic carbocycles. The third-order valence-electron chi connectivity index (χ3n) is 3.48.